The molecule has 0 spiro atoms. The summed E-state index contributed by atoms with van der Waals surface area (Å²) >= 11 is 0. The van der Waals surface area contributed by atoms with Crippen LogP contribution in [0.5, 0.6) is 0 Å². The third kappa shape index (κ3) is 4.29. The number of carbonyl (C=O) groups excluding carboxylic acids is 1. The molecule has 0 saturated carbocycles. The van der Waals surface area contributed by atoms with Crippen LogP contribution in [0, 0.1) is 0 Å². The van der Waals surface area contributed by atoms with Gasteiger partial charge in [-0.05, 0) is 42.3 Å². The highest BCUT2D eigenvalue weighted by molar-refractivity contribution is 6.33. The Morgan fingerprint density at radius 3 is 1.94 bits per heavy atom. The van der Waals surface area contributed by atoms with Gasteiger partial charge in [0.05, 0.1) is 11.1 Å². The molecule has 2 radical (unpaired) electrons. The fourth-order valence-corrected chi connectivity index (χ4v) is 3.62. The number of benzene rings is 1. The van der Waals surface area contributed by atoms with Crippen LogP contribution in [-0.4, -0.2) is 38.4 Å². The van der Waals surface area contributed by atoms with Crippen molar-refractivity contribution in [2.75, 3.05) is 18.0 Å². The first-order valence-electron chi connectivity index (χ1n) is 8.92. The summed E-state index contributed by atoms with van der Waals surface area (Å²) in [6, 6.07) is 2.37. The molecule has 0 aliphatic carbocycles. The summed E-state index contributed by atoms with van der Waals surface area (Å²) in [6.45, 7) is -1.36. The Morgan fingerprint density at radius 2 is 1.50 bits per heavy atom. The minimum atomic E-state index is -5.29. The zero-order chi connectivity index (χ0) is 24.1. The lowest BCUT2D eigenvalue weighted by atomic mass is 9.77. The number of carbonyl (C=O) groups is 1. The topological polar surface area (TPSA) is 33.2 Å². The van der Waals surface area contributed by atoms with E-state index in [-0.39, 0.29) is 41.7 Å². The summed E-state index contributed by atoms with van der Waals surface area (Å²) in [4.78, 5) is 15.7. The zero-order valence-corrected chi connectivity index (χ0v) is 15.9. The van der Waals surface area contributed by atoms with Crippen molar-refractivity contribution in [3.8, 4) is 0 Å². The van der Waals surface area contributed by atoms with Crippen molar-refractivity contribution in [3.63, 3.8) is 0 Å². The van der Waals surface area contributed by atoms with Crippen molar-refractivity contribution in [1.82, 2.24) is 4.98 Å². The maximum Gasteiger partial charge on any atom is 0.416 e. The number of rotatable bonds is 3. The third-order valence-corrected chi connectivity index (χ3v) is 5.35. The van der Waals surface area contributed by atoms with E-state index in [1.807, 2.05) is 0 Å². The number of hydrogen-bond acceptors (Lipinski definition) is 3. The van der Waals surface area contributed by atoms with Crippen LogP contribution >= 0.6 is 0 Å². The molecule has 1 atom stereocenters. The molecular weight excluding hydrogens is 454 g/mol. The monoisotopic (exact) mass is 466 g/mol. The first-order chi connectivity index (χ1) is 14.6. The van der Waals surface area contributed by atoms with Gasteiger partial charge in [0.25, 0.3) is 0 Å². The van der Waals surface area contributed by atoms with Crippen molar-refractivity contribution in [2.24, 2.45) is 0 Å². The van der Waals surface area contributed by atoms with Gasteiger partial charge in [-0.3, -0.25) is 4.79 Å². The first kappa shape index (κ1) is 23.9. The average molecular weight is 466 g/mol. The lowest BCUT2D eigenvalue weighted by Gasteiger charge is -2.33. The lowest BCUT2D eigenvalue weighted by molar-refractivity contribution is -0.185. The molecule has 1 unspecified atom stereocenters. The number of alkyl halides is 9. The molecule has 1 aliphatic rings. The third-order valence-electron chi connectivity index (χ3n) is 5.35. The Balaban J connectivity index is 2.14. The summed E-state index contributed by atoms with van der Waals surface area (Å²) < 4.78 is 122. The minimum absolute atomic E-state index is 0.0253. The summed E-state index contributed by atoms with van der Waals surface area (Å²) in [6.07, 6.45) is -16.2. The maximum absolute atomic E-state index is 14.2. The fourth-order valence-electron chi connectivity index (χ4n) is 3.62. The molecule has 0 N–H and O–H groups in total. The summed E-state index contributed by atoms with van der Waals surface area (Å²) in [5.41, 5.74) is -8.13. The number of aldehydes is 1. The van der Waals surface area contributed by atoms with E-state index in [1.54, 1.807) is 0 Å². The predicted octanol–water partition coefficient (Wildman–Crippen LogP) is 4.44. The average Bonchev–Trinajstić information content (AvgIpc) is 3.13. The van der Waals surface area contributed by atoms with Gasteiger partial charge >= 0.3 is 18.5 Å². The molecule has 170 valence electrons. The molecule has 2 heterocycles. The number of halogens is 9. The van der Waals surface area contributed by atoms with Crippen LogP contribution in [0.3, 0.4) is 0 Å². The van der Waals surface area contributed by atoms with E-state index in [4.69, 9.17) is 7.85 Å². The molecule has 3 nitrogen and oxygen atoms in total. The van der Waals surface area contributed by atoms with Crippen LogP contribution in [0.4, 0.5) is 45.3 Å². The lowest BCUT2D eigenvalue weighted by Crippen LogP contribution is -2.45. The van der Waals surface area contributed by atoms with Crippen molar-refractivity contribution >= 4 is 25.5 Å². The van der Waals surface area contributed by atoms with Crippen molar-refractivity contribution in [2.45, 2.75) is 30.4 Å². The van der Waals surface area contributed by atoms with Gasteiger partial charge in [0.2, 0.25) is 0 Å². The fraction of sp³-hybridized carbons (Fsp3) is 0.368. The van der Waals surface area contributed by atoms with Crippen LogP contribution in [0.1, 0.15) is 33.5 Å². The molecule has 0 amide bonds. The minimum Gasteiger partial charge on any atom is -0.355 e. The van der Waals surface area contributed by atoms with E-state index >= 15 is 0 Å². The molecule has 1 aliphatic heterocycles. The molecule has 2 aromatic rings. The Morgan fingerprint density at radius 1 is 0.938 bits per heavy atom. The first-order valence-corrected chi connectivity index (χ1v) is 8.92. The van der Waals surface area contributed by atoms with Crippen LogP contribution in [0.25, 0.3) is 0 Å². The normalized spacial score (nSPS) is 20.0. The Kier molecular flexibility index (Phi) is 5.76. The number of hydrogen-bond donors (Lipinski definition) is 0. The van der Waals surface area contributed by atoms with E-state index in [0.29, 0.717) is 6.29 Å². The van der Waals surface area contributed by atoms with Crippen LogP contribution in [0.2, 0.25) is 0 Å². The standard InChI is InChI=1S/C19H12BF9N2O/c20-15-10(8-32)1-2-14(30-15)31-4-3-16(9-31,19(27,28)29)11-5-12(17(21,22)23)7-13(6-11)18(24,25)26/h1-2,5-8H,3-4,9H2. The van der Waals surface area contributed by atoms with Gasteiger partial charge in [0.15, 0.2) is 6.29 Å². The van der Waals surface area contributed by atoms with E-state index < -0.39 is 53.6 Å². The molecule has 3 rings (SSSR count). The van der Waals surface area contributed by atoms with E-state index in [9.17, 15) is 44.3 Å². The molecule has 13 heteroatoms. The molecular formula is C19H12BF9N2O. The van der Waals surface area contributed by atoms with Gasteiger partial charge < -0.3 is 4.90 Å². The van der Waals surface area contributed by atoms with Gasteiger partial charge in [0.1, 0.15) is 19.1 Å². The summed E-state index contributed by atoms with van der Waals surface area (Å²) in [5.74, 6) is -0.0951. The number of aromatic nitrogens is 1. The van der Waals surface area contributed by atoms with Gasteiger partial charge in [-0.15, -0.1) is 0 Å². The maximum atomic E-state index is 14.2. The molecule has 1 aromatic heterocycles. The Hall–Kier alpha value is -2.73. The van der Waals surface area contributed by atoms with Crippen LogP contribution in [0.15, 0.2) is 30.3 Å². The summed E-state index contributed by atoms with van der Waals surface area (Å²) in [5, 5.41) is 0. The molecule has 1 aromatic carbocycles. The smallest absolute Gasteiger partial charge is 0.355 e. The van der Waals surface area contributed by atoms with Crippen molar-refractivity contribution < 1.29 is 44.3 Å². The quantitative estimate of drug-likeness (QED) is 0.382. The predicted molar refractivity (Wildman–Crippen MR) is 96.0 cm³/mol. The Bertz CT molecular complexity index is 1000. The molecule has 32 heavy (non-hydrogen) atoms. The van der Waals surface area contributed by atoms with Crippen LogP contribution in [-0.2, 0) is 17.8 Å². The number of pyridine rings is 1. The van der Waals surface area contributed by atoms with Crippen molar-refractivity contribution in [3.05, 3.63) is 52.6 Å². The largest absolute Gasteiger partial charge is 0.416 e. The number of nitrogens with zero attached hydrogens (tertiary/aromatic N) is 2. The van der Waals surface area contributed by atoms with Gasteiger partial charge in [-0.25, -0.2) is 4.98 Å². The van der Waals surface area contributed by atoms with Gasteiger partial charge in [0, 0.05) is 24.2 Å². The van der Waals surface area contributed by atoms with E-state index in [2.05, 4.69) is 4.98 Å². The van der Waals surface area contributed by atoms with E-state index in [0.717, 1.165) is 4.90 Å². The second-order valence-corrected chi connectivity index (χ2v) is 7.31. The molecule has 1 fully saturated rings. The van der Waals surface area contributed by atoms with E-state index in [1.165, 1.54) is 12.1 Å². The highest BCUT2D eigenvalue weighted by Gasteiger charge is 2.60. The Labute approximate surface area is 176 Å². The second kappa shape index (κ2) is 7.70. The second-order valence-electron chi connectivity index (χ2n) is 7.31. The number of anilines is 1. The SMILES string of the molecule is [B]c1nc(N2CCC(c3cc(C(F)(F)F)cc(C(F)(F)F)c3)(C(F)(F)F)C2)ccc1C=O. The van der Waals surface area contributed by atoms with Gasteiger partial charge in [-0.2, -0.15) is 39.5 Å². The molecule has 1 saturated heterocycles. The van der Waals surface area contributed by atoms with Gasteiger partial charge in [-0.1, -0.05) is 0 Å². The van der Waals surface area contributed by atoms with Crippen LogP contribution < -0.4 is 10.5 Å². The molecule has 0 bridgehead atoms. The highest BCUT2D eigenvalue weighted by atomic mass is 19.4. The zero-order valence-electron chi connectivity index (χ0n) is 15.9. The highest BCUT2D eigenvalue weighted by Crippen LogP contribution is 2.50. The summed E-state index contributed by atoms with van der Waals surface area (Å²) in [7, 11) is 5.56. The van der Waals surface area contributed by atoms with Crippen molar-refractivity contribution in [1.29, 1.82) is 0 Å².